The van der Waals surface area contributed by atoms with Crippen LogP contribution in [0.1, 0.15) is 5.56 Å². The van der Waals surface area contributed by atoms with Crippen molar-refractivity contribution in [2.75, 3.05) is 0 Å². The lowest BCUT2D eigenvalue weighted by atomic mass is 10.2. The average Bonchev–Trinajstić information content (AvgIpc) is 2.75. The van der Waals surface area contributed by atoms with E-state index in [-0.39, 0.29) is 5.82 Å². The van der Waals surface area contributed by atoms with Gasteiger partial charge in [-0.1, -0.05) is 18.2 Å². The van der Waals surface area contributed by atoms with Crippen LogP contribution in [0.5, 0.6) is 0 Å². The van der Waals surface area contributed by atoms with Crippen LogP contribution in [-0.4, -0.2) is 14.6 Å². The van der Waals surface area contributed by atoms with Crippen LogP contribution in [0, 0.1) is 12.7 Å². The summed E-state index contributed by atoms with van der Waals surface area (Å²) in [5, 5.41) is 8.14. The van der Waals surface area contributed by atoms with Gasteiger partial charge in [0.25, 0.3) is 0 Å². The van der Waals surface area contributed by atoms with Gasteiger partial charge in [0.05, 0.1) is 5.56 Å². The zero-order valence-electron chi connectivity index (χ0n) is 9.26. The maximum absolute atomic E-state index is 13.7. The molecule has 1 aromatic carbocycles. The third kappa shape index (κ3) is 1.49. The Morgan fingerprint density at radius 2 is 1.88 bits per heavy atom. The lowest BCUT2D eigenvalue weighted by molar-refractivity contribution is 0.629. The van der Waals surface area contributed by atoms with Gasteiger partial charge in [-0.15, -0.1) is 10.2 Å². The van der Waals surface area contributed by atoms with Crippen LogP contribution in [0.3, 0.4) is 0 Å². The van der Waals surface area contributed by atoms with Gasteiger partial charge in [0.15, 0.2) is 11.5 Å². The number of aryl methyl sites for hydroxylation is 1. The van der Waals surface area contributed by atoms with Crippen molar-refractivity contribution in [3.63, 3.8) is 0 Å². The Bertz CT molecular complexity index is 688. The first kappa shape index (κ1) is 9.96. The molecule has 2 aromatic heterocycles. The third-order valence-electron chi connectivity index (χ3n) is 2.74. The van der Waals surface area contributed by atoms with Crippen molar-refractivity contribution in [1.82, 2.24) is 14.6 Å². The monoisotopic (exact) mass is 227 g/mol. The van der Waals surface area contributed by atoms with E-state index in [2.05, 4.69) is 10.2 Å². The Kier molecular flexibility index (Phi) is 2.14. The Labute approximate surface area is 97.5 Å². The highest BCUT2D eigenvalue weighted by Gasteiger charge is 2.12. The number of rotatable bonds is 1. The standard InChI is InChI=1S/C13H10FN3/c1-9-5-4-8-17-12(9)15-16-13(17)10-6-2-3-7-11(10)14/h2-8H,1H3. The van der Waals surface area contributed by atoms with Crippen molar-refractivity contribution in [3.8, 4) is 11.4 Å². The summed E-state index contributed by atoms with van der Waals surface area (Å²) in [7, 11) is 0. The molecule has 0 amide bonds. The van der Waals surface area contributed by atoms with Gasteiger partial charge in [-0.3, -0.25) is 4.40 Å². The van der Waals surface area contributed by atoms with Gasteiger partial charge in [-0.05, 0) is 30.7 Å². The summed E-state index contributed by atoms with van der Waals surface area (Å²) in [4.78, 5) is 0. The highest BCUT2D eigenvalue weighted by atomic mass is 19.1. The number of hydrogen-bond donors (Lipinski definition) is 0. The number of nitrogens with zero attached hydrogens (tertiary/aromatic N) is 3. The van der Waals surface area contributed by atoms with Crippen LogP contribution >= 0.6 is 0 Å². The van der Waals surface area contributed by atoms with E-state index >= 15 is 0 Å². The molecule has 0 saturated heterocycles. The Morgan fingerprint density at radius 1 is 1.06 bits per heavy atom. The van der Waals surface area contributed by atoms with E-state index < -0.39 is 0 Å². The lowest BCUT2D eigenvalue weighted by Gasteiger charge is -2.01. The van der Waals surface area contributed by atoms with Crippen molar-refractivity contribution in [2.45, 2.75) is 6.92 Å². The Hall–Kier alpha value is -2.23. The maximum atomic E-state index is 13.7. The molecule has 0 bridgehead atoms. The van der Waals surface area contributed by atoms with Crippen molar-refractivity contribution < 1.29 is 4.39 Å². The summed E-state index contributed by atoms with van der Waals surface area (Å²) < 4.78 is 15.5. The van der Waals surface area contributed by atoms with Crippen molar-refractivity contribution in [1.29, 1.82) is 0 Å². The predicted molar refractivity (Wildman–Crippen MR) is 63.1 cm³/mol. The molecular formula is C13H10FN3. The summed E-state index contributed by atoms with van der Waals surface area (Å²) in [5.41, 5.74) is 2.24. The molecule has 0 spiro atoms. The highest BCUT2D eigenvalue weighted by Crippen LogP contribution is 2.22. The fourth-order valence-corrected chi connectivity index (χ4v) is 1.88. The first-order chi connectivity index (χ1) is 8.27. The van der Waals surface area contributed by atoms with Crippen molar-refractivity contribution in [2.24, 2.45) is 0 Å². The topological polar surface area (TPSA) is 30.2 Å². The van der Waals surface area contributed by atoms with E-state index in [1.54, 1.807) is 22.6 Å². The number of aromatic nitrogens is 3. The SMILES string of the molecule is Cc1cccn2c(-c3ccccc3F)nnc12. The minimum atomic E-state index is -0.289. The summed E-state index contributed by atoms with van der Waals surface area (Å²) in [6, 6.07) is 10.4. The predicted octanol–water partition coefficient (Wildman–Crippen LogP) is 2.84. The maximum Gasteiger partial charge on any atom is 0.171 e. The molecule has 0 aliphatic rings. The molecule has 84 valence electrons. The number of benzene rings is 1. The third-order valence-corrected chi connectivity index (χ3v) is 2.74. The van der Waals surface area contributed by atoms with E-state index in [1.807, 2.05) is 25.3 Å². The first-order valence-electron chi connectivity index (χ1n) is 5.32. The van der Waals surface area contributed by atoms with E-state index in [4.69, 9.17) is 0 Å². The van der Waals surface area contributed by atoms with Crippen LogP contribution in [0.4, 0.5) is 4.39 Å². The van der Waals surface area contributed by atoms with Gasteiger partial charge in [-0.2, -0.15) is 0 Å². The molecule has 0 N–H and O–H groups in total. The van der Waals surface area contributed by atoms with Gasteiger partial charge in [0.2, 0.25) is 0 Å². The van der Waals surface area contributed by atoms with Crippen LogP contribution in [0.25, 0.3) is 17.0 Å². The smallest absolute Gasteiger partial charge is 0.171 e. The van der Waals surface area contributed by atoms with Crippen LogP contribution in [-0.2, 0) is 0 Å². The number of fused-ring (bicyclic) bond motifs is 1. The summed E-state index contributed by atoms with van der Waals surface area (Å²) >= 11 is 0. The zero-order chi connectivity index (χ0) is 11.8. The Morgan fingerprint density at radius 3 is 2.71 bits per heavy atom. The summed E-state index contributed by atoms with van der Waals surface area (Å²) in [6.45, 7) is 1.95. The van der Waals surface area contributed by atoms with Gasteiger partial charge < -0.3 is 0 Å². The minimum Gasteiger partial charge on any atom is -0.282 e. The second-order valence-corrected chi connectivity index (χ2v) is 3.89. The second kappa shape index (κ2) is 3.66. The van der Waals surface area contributed by atoms with Crippen LogP contribution in [0.2, 0.25) is 0 Å². The number of pyridine rings is 1. The molecule has 4 heteroatoms. The van der Waals surface area contributed by atoms with Crippen molar-refractivity contribution in [3.05, 3.63) is 54.0 Å². The van der Waals surface area contributed by atoms with Gasteiger partial charge in [0.1, 0.15) is 5.82 Å². The van der Waals surface area contributed by atoms with Gasteiger partial charge >= 0.3 is 0 Å². The van der Waals surface area contributed by atoms with Crippen molar-refractivity contribution >= 4 is 5.65 Å². The molecular weight excluding hydrogens is 217 g/mol. The lowest BCUT2D eigenvalue weighted by Crippen LogP contribution is -1.92. The van der Waals surface area contributed by atoms with E-state index in [0.717, 1.165) is 11.2 Å². The normalized spacial score (nSPS) is 10.9. The van der Waals surface area contributed by atoms with Gasteiger partial charge in [0, 0.05) is 6.20 Å². The van der Waals surface area contributed by atoms with Crippen LogP contribution < -0.4 is 0 Å². The summed E-state index contributed by atoms with van der Waals surface area (Å²) in [5.74, 6) is 0.241. The quantitative estimate of drug-likeness (QED) is 0.640. The average molecular weight is 227 g/mol. The van der Waals surface area contributed by atoms with E-state index in [9.17, 15) is 4.39 Å². The fourth-order valence-electron chi connectivity index (χ4n) is 1.88. The molecule has 0 fully saturated rings. The summed E-state index contributed by atoms with van der Waals surface area (Å²) in [6.07, 6.45) is 1.84. The second-order valence-electron chi connectivity index (χ2n) is 3.89. The highest BCUT2D eigenvalue weighted by molar-refractivity contribution is 5.61. The van der Waals surface area contributed by atoms with E-state index in [0.29, 0.717) is 11.4 Å². The molecule has 17 heavy (non-hydrogen) atoms. The van der Waals surface area contributed by atoms with E-state index in [1.165, 1.54) is 6.07 Å². The molecule has 3 rings (SSSR count). The number of hydrogen-bond acceptors (Lipinski definition) is 2. The molecule has 0 aliphatic carbocycles. The molecule has 0 radical (unpaired) electrons. The molecule has 0 atom stereocenters. The molecule has 0 unspecified atom stereocenters. The largest absolute Gasteiger partial charge is 0.282 e. The zero-order valence-corrected chi connectivity index (χ0v) is 9.26. The van der Waals surface area contributed by atoms with Gasteiger partial charge in [-0.25, -0.2) is 4.39 Å². The molecule has 3 nitrogen and oxygen atoms in total. The molecule has 0 aliphatic heterocycles. The molecule has 3 aromatic rings. The minimum absolute atomic E-state index is 0.289. The molecule has 0 saturated carbocycles. The molecule has 2 heterocycles. The Balaban J connectivity index is 2.33. The van der Waals surface area contributed by atoms with Crippen LogP contribution in [0.15, 0.2) is 42.6 Å². The fraction of sp³-hybridized carbons (Fsp3) is 0.0769. The first-order valence-corrected chi connectivity index (χ1v) is 5.32. The number of halogens is 1.